The third-order valence-corrected chi connectivity index (χ3v) is 4.32. The zero-order chi connectivity index (χ0) is 20.1. The molecule has 28 heavy (non-hydrogen) atoms. The van der Waals surface area contributed by atoms with Crippen molar-refractivity contribution in [1.82, 2.24) is 10.6 Å². The average molecular weight is 390 g/mol. The molecule has 0 radical (unpaired) electrons. The summed E-state index contributed by atoms with van der Waals surface area (Å²) in [5, 5.41) is 5.39. The summed E-state index contributed by atoms with van der Waals surface area (Å²) in [6, 6.07) is 8.01. The molecule has 1 aliphatic rings. The van der Waals surface area contributed by atoms with Crippen LogP contribution in [-0.2, 0) is 4.79 Å². The topological polar surface area (TPSA) is 76.7 Å². The number of carbonyl (C=O) groups is 2. The van der Waals surface area contributed by atoms with E-state index in [0.717, 1.165) is 17.7 Å². The quantitative estimate of drug-likeness (QED) is 0.713. The van der Waals surface area contributed by atoms with Crippen LogP contribution < -0.4 is 20.1 Å². The van der Waals surface area contributed by atoms with Crippen LogP contribution in [0.25, 0.3) is 0 Å². The highest BCUT2D eigenvalue weighted by Gasteiger charge is 2.17. The second-order valence-corrected chi connectivity index (χ2v) is 6.39. The van der Waals surface area contributed by atoms with Gasteiger partial charge in [-0.2, -0.15) is 0 Å². The van der Waals surface area contributed by atoms with Crippen LogP contribution in [0.4, 0.5) is 8.78 Å². The predicted molar refractivity (Wildman–Crippen MR) is 97.0 cm³/mol. The third-order valence-electron chi connectivity index (χ3n) is 4.32. The van der Waals surface area contributed by atoms with Gasteiger partial charge in [-0.15, -0.1) is 0 Å². The fourth-order valence-corrected chi connectivity index (χ4v) is 2.80. The van der Waals surface area contributed by atoms with E-state index in [1.165, 1.54) is 0 Å². The number of amides is 2. The molecular formula is C20H20F2N2O4. The summed E-state index contributed by atoms with van der Waals surface area (Å²) >= 11 is 0. The van der Waals surface area contributed by atoms with E-state index in [0.29, 0.717) is 24.0 Å². The fraction of sp³-hybridized carbons (Fsp3) is 0.300. The van der Waals surface area contributed by atoms with Crippen molar-refractivity contribution in [3.05, 3.63) is 59.2 Å². The van der Waals surface area contributed by atoms with E-state index in [1.807, 2.05) is 19.1 Å². The standard InChI is InChI=1S/C20H20F2N2O4/c1-12(13-4-7-17-18(9-13)28-11-27-17)24-19(25)3-2-8-23-20(26)15-6-5-14(21)10-16(15)22/h4-7,9-10,12H,2-3,8,11H2,1H3,(H,23,26)(H,24,25). The highest BCUT2D eigenvalue weighted by Crippen LogP contribution is 2.34. The molecule has 1 aliphatic heterocycles. The van der Waals surface area contributed by atoms with Gasteiger partial charge >= 0.3 is 0 Å². The molecule has 0 spiro atoms. The first-order chi connectivity index (χ1) is 13.4. The Kier molecular flexibility index (Phi) is 6.08. The number of nitrogens with one attached hydrogen (secondary N) is 2. The Morgan fingerprint density at radius 1 is 1.11 bits per heavy atom. The molecule has 0 aromatic heterocycles. The van der Waals surface area contributed by atoms with Gasteiger partial charge < -0.3 is 20.1 Å². The number of fused-ring (bicyclic) bond motifs is 1. The minimum absolute atomic E-state index is 0.174. The summed E-state index contributed by atoms with van der Waals surface area (Å²) < 4.78 is 37.0. The van der Waals surface area contributed by atoms with Crippen LogP contribution in [0.15, 0.2) is 36.4 Å². The van der Waals surface area contributed by atoms with Crippen LogP contribution in [0.1, 0.15) is 41.7 Å². The Morgan fingerprint density at radius 2 is 1.89 bits per heavy atom. The molecule has 0 aliphatic carbocycles. The van der Waals surface area contributed by atoms with Gasteiger partial charge in [-0.3, -0.25) is 9.59 Å². The first-order valence-electron chi connectivity index (χ1n) is 8.86. The molecule has 2 N–H and O–H groups in total. The maximum Gasteiger partial charge on any atom is 0.254 e. The lowest BCUT2D eigenvalue weighted by Crippen LogP contribution is -2.29. The Bertz CT molecular complexity index is 889. The van der Waals surface area contributed by atoms with Gasteiger partial charge in [0, 0.05) is 19.0 Å². The van der Waals surface area contributed by atoms with Crippen LogP contribution >= 0.6 is 0 Å². The molecule has 0 saturated carbocycles. The monoisotopic (exact) mass is 390 g/mol. The molecule has 1 unspecified atom stereocenters. The zero-order valence-corrected chi connectivity index (χ0v) is 15.3. The molecule has 1 heterocycles. The van der Waals surface area contributed by atoms with Crippen LogP contribution in [0.5, 0.6) is 11.5 Å². The van der Waals surface area contributed by atoms with E-state index < -0.39 is 17.5 Å². The Morgan fingerprint density at radius 3 is 2.68 bits per heavy atom. The largest absolute Gasteiger partial charge is 0.454 e. The van der Waals surface area contributed by atoms with Gasteiger partial charge in [0.15, 0.2) is 11.5 Å². The number of hydrogen-bond donors (Lipinski definition) is 2. The number of hydrogen-bond acceptors (Lipinski definition) is 4. The molecule has 0 bridgehead atoms. The van der Waals surface area contributed by atoms with E-state index in [2.05, 4.69) is 10.6 Å². The summed E-state index contributed by atoms with van der Waals surface area (Å²) in [6.45, 7) is 2.24. The van der Waals surface area contributed by atoms with Gasteiger partial charge in [-0.1, -0.05) is 6.07 Å². The molecule has 6 nitrogen and oxygen atoms in total. The number of benzene rings is 2. The van der Waals surface area contributed by atoms with Crippen LogP contribution in [0, 0.1) is 11.6 Å². The number of carbonyl (C=O) groups excluding carboxylic acids is 2. The predicted octanol–water partition coefficient (Wildman–Crippen LogP) is 3.08. The minimum Gasteiger partial charge on any atom is -0.454 e. The van der Waals surface area contributed by atoms with E-state index in [-0.39, 0.29) is 37.3 Å². The van der Waals surface area contributed by atoms with Crippen molar-refractivity contribution < 1.29 is 27.8 Å². The van der Waals surface area contributed by atoms with Crippen molar-refractivity contribution in [2.75, 3.05) is 13.3 Å². The molecule has 1 atom stereocenters. The summed E-state index contributed by atoms with van der Waals surface area (Å²) in [4.78, 5) is 24.0. The Labute approximate surface area is 160 Å². The molecule has 2 aromatic rings. The first-order valence-corrected chi connectivity index (χ1v) is 8.86. The second kappa shape index (κ2) is 8.69. The van der Waals surface area contributed by atoms with Crippen molar-refractivity contribution in [3.63, 3.8) is 0 Å². The fourth-order valence-electron chi connectivity index (χ4n) is 2.80. The summed E-state index contributed by atoms with van der Waals surface area (Å²) in [5.74, 6) is -1.17. The van der Waals surface area contributed by atoms with Crippen molar-refractivity contribution in [3.8, 4) is 11.5 Å². The molecular weight excluding hydrogens is 370 g/mol. The van der Waals surface area contributed by atoms with Gasteiger partial charge in [0.05, 0.1) is 11.6 Å². The third kappa shape index (κ3) is 4.76. The van der Waals surface area contributed by atoms with Crippen LogP contribution in [-0.4, -0.2) is 25.2 Å². The lowest BCUT2D eigenvalue weighted by atomic mass is 10.1. The maximum absolute atomic E-state index is 13.5. The Hall–Kier alpha value is -3.16. The molecule has 2 amide bonds. The first kappa shape index (κ1) is 19.6. The minimum atomic E-state index is -0.923. The number of ether oxygens (including phenoxy) is 2. The summed E-state index contributed by atoms with van der Waals surface area (Å²) in [7, 11) is 0. The van der Waals surface area contributed by atoms with Crippen molar-refractivity contribution in [1.29, 1.82) is 0 Å². The summed E-state index contributed by atoms with van der Waals surface area (Å²) in [5.41, 5.74) is 0.653. The van der Waals surface area contributed by atoms with E-state index in [4.69, 9.17) is 9.47 Å². The molecule has 0 saturated heterocycles. The lowest BCUT2D eigenvalue weighted by Gasteiger charge is -2.15. The highest BCUT2D eigenvalue weighted by molar-refractivity contribution is 5.94. The average Bonchev–Trinajstić information content (AvgIpc) is 3.12. The molecule has 0 fully saturated rings. The molecule has 148 valence electrons. The van der Waals surface area contributed by atoms with Crippen molar-refractivity contribution >= 4 is 11.8 Å². The van der Waals surface area contributed by atoms with E-state index in [9.17, 15) is 18.4 Å². The van der Waals surface area contributed by atoms with Gasteiger partial charge in [-0.25, -0.2) is 8.78 Å². The SMILES string of the molecule is CC(NC(=O)CCCNC(=O)c1ccc(F)cc1F)c1ccc2c(c1)OCO2. The number of rotatable bonds is 7. The highest BCUT2D eigenvalue weighted by atomic mass is 19.1. The van der Waals surface area contributed by atoms with Crippen molar-refractivity contribution in [2.24, 2.45) is 0 Å². The zero-order valence-electron chi connectivity index (χ0n) is 15.3. The lowest BCUT2D eigenvalue weighted by molar-refractivity contribution is -0.121. The maximum atomic E-state index is 13.5. The van der Waals surface area contributed by atoms with Gasteiger partial charge in [0.2, 0.25) is 12.7 Å². The molecule has 3 rings (SSSR count). The Balaban J connectivity index is 1.41. The van der Waals surface area contributed by atoms with E-state index >= 15 is 0 Å². The second-order valence-electron chi connectivity index (χ2n) is 6.39. The van der Waals surface area contributed by atoms with Gasteiger partial charge in [-0.05, 0) is 43.2 Å². The van der Waals surface area contributed by atoms with Crippen LogP contribution in [0.3, 0.4) is 0 Å². The number of halogens is 2. The molecule has 2 aromatic carbocycles. The van der Waals surface area contributed by atoms with Crippen molar-refractivity contribution in [2.45, 2.75) is 25.8 Å². The smallest absolute Gasteiger partial charge is 0.254 e. The molecule has 8 heteroatoms. The summed E-state index contributed by atoms with van der Waals surface area (Å²) in [6.07, 6.45) is 0.579. The normalized spacial score (nSPS) is 13.1. The van der Waals surface area contributed by atoms with Gasteiger partial charge in [0.25, 0.3) is 5.91 Å². The van der Waals surface area contributed by atoms with Gasteiger partial charge in [0.1, 0.15) is 11.6 Å². The van der Waals surface area contributed by atoms with Crippen LogP contribution in [0.2, 0.25) is 0 Å². The van der Waals surface area contributed by atoms with E-state index in [1.54, 1.807) is 6.07 Å².